The molecule has 1 aromatic rings. The molecular formula is C14H19NO5. The molecule has 6 heteroatoms. The number of rotatable bonds is 7. The van der Waals surface area contributed by atoms with Crippen molar-refractivity contribution in [1.29, 1.82) is 0 Å². The quantitative estimate of drug-likeness (QED) is 0.514. The van der Waals surface area contributed by atoms with Crippen LogP contribution in [-0.4, -0.2) is 28.8 Å². The van der Waals surface area contributed by atoms with E-state index in [2.05, 4.69) is 0 Å². The van der Waals surface area contributed by atoms with Crippen molar-refractivity contribution in [3.05, 3.63) is 29.8 Å². The lowest BCUT2D eigenvalue weighted by Crippen LogP contribution is -2.47. The van der Waals surface area contributed by atoms with Gasteiger partial charge in [-0.2, -0.15) is 0 Å². The molecule has 0 radical (unpaired) electrons. The zero-order valence-corrected chi connectivity index (χ0v) is 11.3. The van der Waals surface area contributed by atoms with Crippen LogP contribution in [-0.2, 0) is 19.9 Å². The number of nitrogens with two attached hydrogens (primary N) is 1. The Morgan fingerprint density at radius 2 is 1.90 bits per heavy atom. The first-order chi connectivity index (χ1) is 9.40. The van der Waals surface area contributed by atoms with E-state index in [0.29, 0.717) is 12.0 Å². The summed E-state index contributed by atoms with van der Waals surface area (Å²) in [6.45, 7) is 2.15. The van der Waals surface area contributed by atoms with Gasteiger partial charge in [0.15, 0.2) is 5.54 Å². The SMILES string of the molecule is CCCCOC(=O)[C@@](N)(CC(=O)O)c1ccc(O)cc1. The van der Waals surface area contributed by atoms with E-state index in [0.717, 1.165) is 6.42 Å². The van der Waals surface area contributed by atoms with Crippen LogP contribution < -0.4 is 5.73 Å². The summed E-state index contributed by atoms with van der Waals surface area (Å²) < 4.78 is 5.04. The van der Waals surface area contributed by atoms with E-state index in [1.807, 2.05) is 6.92 Å². The van der Waals surface area contributed by atoms with Gasteiger partial charge in [0, 0.05) is 0 Å². The minimum Gasteiger partial charge on any atom is -0.508 e. The number of unbranched alkanes of at least 4 members (excludes halogenated alkanes) is 1. The van der Waals surface area contributed by atoms with Crippen LogP contribution in [0.1, 0.15) is 31.7 Å². The van der Waals surface area contributed by atoms with Crippen molar-refractivity contribution in [1.82, 2.24) is 0 Å². The molecule has 0 saturated heterocycles. The van der Waals surface area contributed by atoms with Gasteiger partial charge in [-0.05, 0) is 24.1 Å². The lowest BCUT2D eigenvalue weighted by molar-refractivity contribution is -0.155. The van der Waals surface area contributed by atoms with Crippen molar-refractivity contribution in [3.63, 3.8) is 0 Å². The molecule has 0 aliphatic carbocycles. The Balaban J connectivity index is 2.99. The third-order valence-electron chi connectivity index (χ3n) is 2.91. The largest absolute Gasteiger partial charge is 0.508 e. The molecule has 0 heterocycles. The zero-order chi connectivity index (χ0) is 15.2. The first-order valence-corrected chi connectivity index (χ1v) is 6.37. The molecule has 0 saturated carbocycles. The topological polar surface area (TPSA) is 110 Å². The minimum absolute atomic E-state index is 0.00535. The van der Waals surface area contributed by atoms with Gasteiger partial charge in [0.25, 0.3) is 0 Å². The lowest BCUT2D eigenvalue weighted by Gasteiger charge is -2.26. The summed E-state index contributed by atoms with van der Waals surface area (Å²) in [5, 5.41) is 18.2. The molecule has 4 N–H and O–H groups in total. The number of aromatic hydroxyl groups is 1. The highest BCUT2D eigenvalue weighted by atomic mass is 16.5. The van der Waals surface area contributed by atoms with Gasteiger partial charge >= 0.3 is 11.9 Å². The molecule has 110 valence electrons. The number of hydrogen-bond donors (Lipinski definition) is 3. The highest BCUT2D eigenvalue weighted by Gasteiger charge is 2.40. The van der Waals surface area contributed by atoms with Crippen molar-refractivity contribution in [2.75, 3.05) is 6.61 Å². The third kappa shape index (κ3) is 3.96. The maximum Gasteiger partial charge on any atom is 0.331 e. The normalized spacial score (nSPS) is 13.5. The predicted octanol–water partition coefficient (Wildman–Crippen LogP) is 1.36. The van der Waals surface area contributed by atoms with Crippen molar-refractivity contribution in [2.24, 2.45) is 5.73 Å². The second-order valence-corrected chi connectivity index (χ2v) is 4.58. The van der Waals surface area contributed by atoms with Crippen LogP contribution >= 0.6 is 0 Å². The first kappa shape index (κ1) is 16.0. The molecule has 1 rings (SSSR count). The van der Waals surface area contributed by atoms with Crippen molar-refractivity contribution >= 4 is 11.9 Å². The maximum atomic E-state index is 12.1. The Hall–Kier alpha value is -2.08. The molecule has 0 aromatic heterocycles. The minimum atomic E-state index is -1.76. The van der Waals surface area contributed by atoms with E-state index in [4.69, 9.17) is 15.6 Å². The molecule has 0 bridgehead atoms. The summed E-state index contributed by atoms with van der Waals surface area (Å²) in [5.41, 5.74) is 4.49. The number of aliphatic carboxylic acids is 1. The fraction of sp³-hybridized carbons (Fsp3) is 0.429. The molecule has 1 aromatic carbocycles. The molecule has 6 nitrogen and oxygen atoms in total. The van der Waals surface area contributed by atoms with E-state index < -0.39 is 23.9 Å². The highest BCUT2D eigenvalue weighted by Crippen LogP contribution is 2.26. The standard InChI is InChI=1S/C14H19NO5/c1-2-3-8-20-13(19)14(15,9-12(17)18)10-4-6-11(16)7-5-10/h4-7,16H,2-3,8-9,15H2,1H3,(H,17,18)/t14-/m1/s1. The van der Waals surface area contributed by atoms with Crippen LogP contribution in [0.3, 0.4) is 0 Å². The summed E-state index contributed by atoms with van der Waals surface area (Å²) in [4.78, 5) is 23.0. The summed E-state index contributed by atoms with van der Waals surface area (Å²) in [6, 6.07) is 5.52. The number of benzene rings is 1. The maximum absolute atomic E-state index is 12.1. The van der Waals surface area contributed by atoms with E-state index in [1.54, 1.807) is 0 Å². The second-order valence-electron chi connectivity index (χ2n) is 4.58. The van der Waals surface area contributed by atoms with Crippen molar-refractivity contribution < 1.29 is 24.5 Å². The average molecular weight is 281 g/mol. The lowest BCUT2D eigenvalue weighted by atomic mass is 9.87. The van der Waals surface area contributed by atoms with Crippen LogP contribution in [0, 0.1) is 0 Å². The van der Waals surface area contributed by atoms with Crippen LogP contribution in [0.25, 0.3) is 0 Å². The van der Waals surface area contributed by atoms with Crippen molar-refractivity contribution in [2.45, 2.75) is 31.7 Å². The molecule has 0 spiro atoms. The summed E-state index contributed by atoms with van der Waals surface area (Å²) in [6.07, 6.45) is 0.955. The van der Waals surface area contributed by atoms with E-state index in [9.17, 15) is 14.7 Å². The number of carbonyl (C=O) groups excluding carboxylic acids is 1. The Kier molecular flexibility index (Phi) is 5.52. The second kappa shape index (κ2) is 6.91. The van der Waals surface area contributed by atoms with E-state index in [1.165, 1.54) is 24.3 Å². The van der Waals surface area contributed by atoms with Crippen molar-refractivity contribution in [3.8, 4) is 5.75 Å². The van der Waals surface area contributed by atoms with Gasteiger partial charge < -0.3 is 20.7 Å². The number of hydrogen-bond acceptors (Lipinski definition) is 5. The Morgan fingerprint density at radius 1 is 1.30 bits per heavy atom. The van der Waals surface area contributed by atoms with E-state index >= 15 is 0 Å². The van der Waals surface area contributed by atoms with Gasteiger partial charge in [-0.1, -0.05) is 25.5 Å². The number of ether oxygens (including phenoxy) is 1. The summed E-state index contributed by atoms with van der Waals surface area (Å²) in [5.74, 6) is -1.97. The van der Waals surface area contributed by atoms with Gasteiger partial charge in [-0.3, -0.25) is 4.79 Å². The van der Waals surface area contributed by atoms with Gasteiger partial charge in [0.1, 0.15) is 5.75 Å². The molecule has 1 atom stereocenters. The monoisotopic (exact) mass is 281 g/mol. The summed E-state index contributed by atoms with van der Waals surface area (Å²) in [7, 11) is 0. The van der Waals surface area contributed by atoms with Crippen LogP contribution in [0.15, 0.2) is 24.3 Å². The van der Waals surface area contributed by atoms with Crippen LogP contribution in [0.2, 0.25) is 0 Å². The van der Waals surface area contributed by atoms with Gasteiger partial charge in [-0.15, -0.1) is 0 Å². The number of phenolic OH excluding ortho intramolecular Hbond substituents is 1. The number of carboxylic acid groups (broad SMARTS) is 1. The third-order valence-corrected chi connectivity index (χ3v) is 2.91. The molecule has 20 heavy (non-hydrogen) atoms. The number of phenols is 1. The molecule has 0 aliphatic heterocycles. The number of carbonyl (C=O) groups is 2. The van der Waals surface area contributed by atoms with Gasteiger partial charge in [-0.25, -0.2) is 4.79 Å². The van der Waals surface area contributed by atoms with Gasteiger partial charge in [0.2, 0.25) is 0 Å². The van der Waals surface area contributed by atoms with Crippen LogP contribution in [0.5, 0.6) is 5.75 Å². The zero-order valence-electron chi connectivity index (χ0n) is 11.3. The average Bonchev–Trinajstić information content (AvgIpc) is 2.38. The Bertz CT molecular complexity index is 471. The van der Waals surface area contributed by atoms with E-state index in [-0.39, 0.29) is 12.4 Å². The fourth-order valence-electron chi connectivity index (χ4n) is 1.73. The first-order valence-electron chi connectivity index (χ1n) is 6.37. The number of carboxylic acids is 1. The fourth-order valence-corrected chi connectivity index (χ4v) is 1.73. The number of esters is 1. The Labute approximate surface area is 117 Å². The predicted molar refractivity (Wildman–Crippen MR) is 72.1 cm³/mol. The smallest absolute Gasteiger partial charge is 0.331 e. The van der Waals surface area contributed by atoms with Crippen LogP contribution in [0.4, 0.5) is 0 Å². The molecule has 0 amide bonds. The Morgan fingerprint density at radius 3 is 2.40 bits per heavy atom. The highest BCUT2D eigenvalue weighted by molar-refractivity contribution is 5.87. The molecule has 0 fully saturated rings. The molecule has 0 unspecified atom stereocenters. The van der Waals surface area contributed by atoms with Gasteiger partial charge in [0.05, 0.1) is 13.0 Å². The molecule has 0 aliphatic rings. The summed E-state index contributed by atoms with van der Waals surface area (Å²) >= 11 is 0. The molecular weight excluding hydrogens is 262 g/mol.